The summed E-state index contributed by atoms with van der Waals surface area (Å²) in [4.78, 5) is 13.9. The third-order valence-electron chi connectivity index (χ3n) is 4.60. The molecule has 2 atom stereocenters. The molecule has 0 aromatic carbocycles. The van der Waals surface area contributed by atoms with E-state index < -0.39 is 5.60 Å². The molecule has 2 unspecified atom stereocenters. The predicted molar refractivity (Wildman–Crippen MR) is 93.5 cm³/mol. The number of hydrogen-bond donors (Lipinski definition) is 1. The molecule has 1 aliphatic carbocycles. The van der Waals surface area contributed by atoms with E-state index in [1.54, 1.807) is 4.90 Å². The molecule has 4 nitrogen and oxygen atoms in total. The van der Waals surface area contributed by atoms with Crippen LogP contribution in [0.15, 0.2) is 0 Å². The molecule has 0 spiro atoms. The summed E-state index contributed by atoms with van der Waals surface area (Å²) in [5, 5.41) is 4.62. The lowest BCUT2D eigenvalue weighted by atomic mass is 9.90. The summed E-state index contributed by atoms with van der Waals surface area (Å²) >= 11 is 2.08. The number of ether oxygens (including phenoxy) is 1. The minimum Gasteiger partial charge on any atom is -0.444 e. The third-order valence-corrected chi connectivity index (χ3v) is 5.95. The van der Waals surface area contributed by atoms with Crippen LogP contribution in [0.4, 0.5) is 4.79 Å². The van der Waals surface area contributed by atoms with Crippen LogP contribution < -0.4 is 5.32 Å². The normalized spacial score (nSPS) is 32.8. The number of rotatable bonds is 3. The monoisotopic (exact) mass is 328 g/mol. The van der Waals surface area contributed by atoms with Crippen LogP contribution in [0.3, 0.4) is 0 Å². The van der Waals surface area contributed by atoms with Gasteiger partial charge in [0.25, 0.3) is 0 Å². The molecular formula is C17H32N2O2S. The SMILES string of the molecule is CC1CC(NC2CCC(N(C)C(=O)OC(C)(C)C)CC2)CS1. The Kier molecular flexibility index (Phi) is 6.06. The van der Waals surface area contributed by atoms with Crippen molar-refractivity contribution in [1.82, 2.24) is 10.2 Å². The average Bonchev–Trinajstić information content (AvgIpc) is 2.82. The largest absolute Gasteiger partial charge is 0.444 e. The number of amides is 1. The van der Waals surface area contributed by atoms with Gasteiger partial charge in [0.15, 0.2) is 0 Å². The van der Waals surface area contributed by atoms with Gasteiger partial charge in [-0.15, -0.1) is 0 Å². The van der Waals surface area contributed by atoms with Crippen molar-refractivity contribution in [3.8, 4) is 0 Å². The number of carbonyl (C=O) groups excluding carboxylic acids is 1. The molecule has 0 aromatic heterocycles. The minimum atomic E-state index is -0.416. The van der Waals surface area contributed by atoms with Crippen LogP contribution in [0.5, 0.6) is 0 Å². The van der Waals surface area contributed by atoms with Crippen LogP contribution in [0.2, 0.25) is 0 Å². The molecular weight excluding hydrogens is 296 g/mol. The minimum absolute atomic E-state index is 0.190. The molecule has 2 aliphatic rings. The van der Waals surface area contributed by atoms with Crippen molar-refractivity contribution >= 4 is 17.9 Å². The summed E-state index contributed by atoms with van der Waals surface area (Å²) in [7, 11) is 1.88. The highest BCUT2D eigenvalue weighted by Crippen LogP contribution is 2.29. The summed E-state index contributed by atoms with van der Waals surface area (Å²) in [6.07, 6.45) is 5.57. The zero-order chi connectivity index (χ0) is 16.3. The fourth-order valence-electron chi connectivity index (χ4n) is 3.38. The standard InChI is InChI=1S/C17H32N2O2S/c1-12-10-14(11-22-12)18-13-6-8-15(9-7-13)19(5)16(20)21-17(2,3)4/h12-15,18H,6-11H2,1-5H3. The van der Waals surface area contributed by atoms with Crippen molar-refractivity contribution in [3.05, 3.63) is 0 Å². The maximum absolute atomic E-state index is 12.1. The summed E-state index contributed by atoms with van der Waals surface area (Å²) < 4.78 is 5.47. The van der Waals surface area contributed by atoms with Crippen molar-refractivity contribution in [2.75, 3.05) is 12.8 Å². The highest BCUT2D eigenvalue weighted by atomic mass is 32.2. The Bertz CT molecular complexity index is 375. The van der Waals surface area contributed by atoms with Crippen molar-refractivity contribution in [1.29, 1.82) is 0 Å². The van der Waals surface area contributed by atoms with Gasteiger partial charge in [-0.05, 0) is 52.9 Å². The molecule has 22 heavy (non-hydrogen) atoms. The van der Waals surface area contributed by atoms with Crippen LogP contribution in [-0.2, 0) is 4.74 Å². The van der Waals surface area contributed by atoms with Crippen LogP contribution in [0.1, 0.15) is 59.8 Å². The number of nitrogens with one attached hydrogen (secondary N) is 1. The Morgan fingerprint density at radius 2 is 1.82 bits per heavy atom. The predicted octanol–water partition coefficient (Wildman–Crippen LogP) is 3.65. The van der Waals surface area contributed by atoms with Gasteiger partial charge in [0, 0.05) is 36.2 Å². The summed E-state index contributed by atoms with van der Waals surface area (Å²) in [5.74, 6) is 1.25. The highest BCUT2D eigenvalue weighted by molar-refractivity contribution is 8.00. The van der Waals surface area contributed by atoms with E-state index in [1.165, 1.54) is 12.2 Å². The van der Waals surface area contributed by atoms with Crippen molar-refractivity contribution in [3.63, 3.8) is 0 Å². The van der Waals surface area contributed by atoms with Gasteiger partial charge < -0.3 is 15.0 Å². The van der Waals surface area contributed by atoms with Crippen molar-refractivity contribution in [2.45, 2.75) is 88.8 Å². The van der Waals surface area contributed by atoms with Crippen LogP contribution in [-0.4, -0.2) is 52.8 Å². The first kappa shape index (κ1) is 17.9. The second kappa shape index (κ2) is 7.43. The lowest BCUT2D eigenvalue weighted by molar-refractivity contribution is 0.0178. The Balaban J connectivity index is 1.73. The smallest absolute Gasteiger partial charge is 0.410 e. The quantitative estimate of drug-likeness (QED) is 0.858. The topological polar surface area (TPSA) is 41.6 Å². The second-order valence-corrected chi connectivity index (χ2v) is 9.31. The van der Waals surface area contributed by atoms with Crippen molar-refractivity contribution < 1.29 is 9.53 Å². The molecule has 0 radical (unpaired) electrons. The maximum atomic E-state index is 12.1. The van der Waals surface area contributed by atoms with Gasteiger partial charge in [0.1, 0.15) is 5.60 Å². The van der Waals surface area contributed by atoms with E-state index in [9.17, 15) is 4.79 Å². The molecule has 1 heterocycles. The average molecular weight is 329 g/mol. The molecule has 0 bridgehead atoms. The molecule has 5 heteroatoms. The third kappa shape index (κ3) is 5.34. The van der Waals surface area contributed by atoms with Crippen LogP contribution >= 0.6 is 11.8 Å². The van der Waals surface area contributed by atoms with Gasteiger partial charge in [-0.25, -0.2) is 4.79 Å². The molecule has 2 fully saturated rings. The van der Waals surface area contributed by atoms with E-state index in [0.717, 1.165) is 30.9 Å². The number of thioether (sulfide) groups is 1. The Morgan fingerprint density at radius 1 is 1.18 bits per heavy atom. The highest BCUT2D eigenvalue weighted by Gasteiger charge is 2.31. The van der Waals surface area contributed by atoms with Gasteiger partial charge >= 0.3 is 6.09 Å². The first-order valence-electron chi connectivity index (χ1n) is 8.58. The van der Waals surface area contributed by atoms with Gasteiger partial charge in [-0.1, -0.05) is 6.92 Å². The van der Waals surface area contributed by atoms with E-state index in [0.29, 0.717) is 18.1 Å². The molecule has 1 aliphatic heterocycles. The van der Waals surface area contributed by atoms with Gasteiger partial charge in [0.05, 0.1) is 0 Å². The zero-order valence-electron chi connectivity index (χ0n) is 14.7. The number of hydrogen-bond acceptors (Lipinski definition) is 4. The molecule has 0 aromatic rings. The van der Waals surface area contributed by atoms with E-state index >= 15 is 0 Å². The summed E-state index contributed by atoms with van der Waals surface area (Å²) in [6, 6.07) is 1.63. The summed E-state index contributed by atoms with van der Waals surface area (Å²) in [6.45, 7) is 8.07. The number of carbonyl (C=O) groups is 1. The van der Waals surface area contributed by atoms with E-state index in [2.05, 4.69) is 24.0 Å². The van der Waals surface area contributed by atoms with Gasteiger partial charge in [0.2, 0.25) is 0 Å². The number of nitrogens with zero attached hydrogens (tertiary/aromatic N) is 1. The first-order chi connectivity index (χ1) is 10.2. The first-order valence-corrected chi connectivity index (χ1v) is 9.63. The van der Waals surface area contributed by atoms with Crippen LogP contribution in [0, 0.1) is 0 Å². The fraction of sp³-hybridized carbons (Fsp3) is 0.941. The molecule has 1 N–H and O–H groups in total. The Morgan fingerprint density at radius 3 is 2.32 bits per heavy atom. The Labute approximate surface area is 139 Å². The second-order valence-electron chi connectivity index (χ2n) is 7.84. The maximum Gasteiger partial charge on any atom is 0.410 e. The van der Waals surface area contributed by atoms with E-state index in [4.69, 9.17) is 4.74 Å². The summed E-state index contributed by atoms with van der Waals surface area (Å²) in [5.41, 5.74) is -0.416. The molecule has 1 saturated heterocycles. The lowest BCUT2D eigenvalue weighted by Gasteiger charge is -2.36. The molecule has 128 valence electrons. The lowest BCUT2D eigenvalue weighted by Crippen LogP contribution is -2.46. The van der Waals surface area contributed by atoms with Crippen molar-refractivity contribution in [2.24, 2.45) is 0 Å². The van der Waals surface area contributed by atoms with E-state index in [1.807, 2.05) is 27.8 Å². The Hall–Kier alpha value is -0.420. The molecule has 1 saturated carbocycles. The van der Waals surface area contributed by atoms with E-state index in [-0.39, 0.29) is 6.09 Å². The van der Waals surface area contributed by atoms with Gasteiger partial charge in [-0.2, -0.15) is 11.8 Å². The van der Waals surface area contributed by atoms with Crippen LogP contribution in [0.25, 0.3) is 0 Å². The molecule has 1 amide bonds. The molecule has 2 rings (SSSR count). The fourth-order valence-corrected chi connectivity index (χ4v) is 4.54. The zero-order valence-corrected chi connectivity index (χ0v) is 15.5. The van der Waals surface area contributed by atoms with Gasteiger partial charge in [-0.3, -0.25) is 0 Å².